The molecule has 0 spiro atoms. The second-order valence-electron chi connectivity index (χ2n) is 8.04. The van der Waals surface area contributed by atoms with Crippen LogP contribution in [0.2, 0.25) is 0 Å². The molecule has 0 atom stereocenters. The van der Waals surface area contributed by atoms with Crippen LogP contribution >= 0.6 is 0 Å². The normalized spacial score (nSPS) is 18.8. The van der Waals surface area contributed by atoms with Crippen molar-refractivity contribution in [3.05, 3.63) is 29.8 Å². The molecule has 1 aromatic carbocycles. The van der Waals surface area contributed by atoms with E-state index in [2.05, 4.69) is 23.2 Å². The monoisotopic (exact) mass is 373 g/mol. The molecular formula is C22H35N3O2. The minimum absolute atomic E-state index is 0.103. The second kappa shape index (κ2) is 10.7. The zero-order chi connectivity index (χ0) is 18.9. The lowest BCUT2D eigenvalue weighted by Gasteiger charge is -2.30. The first-order valence-electron chi connectivity index (χ1n) is 10.6. The fourth-order valence-corrected chi connectivity index (χ4v) is 3.92. The number of benzene rings is 1. The van der Waals surface area contributed by atoms with Crippen LogP contribution in [0.5, 0.6) is 5.75 Å². The molecule has 27 heavy (non-hydrogen) atoms. The van der Waals surface area contributed by atoms with E-state index < -0.39 is 0 Å². The number of piperidine rings is 1. The number of carbonyl (C=O) groups excluding carboxylic acids is 1. The van der Waals surface area contributed by atoms with E-state index in [4.69, 9.17) is 4.74 Å². The van der Waals surface area contributed by atoms with E-state index in [0.29, 0.717) is 0 Å². The smallest absolute Gasteiger partial charge is 0.260 e. The first-order valence-corrected chi connectivity index (χ1v) is 10.6. The van der Waals surface area contributed by atoms with Crippen molar-refractivity contribution < 1.29 is 9.53 Å². The summed E-state index contributed by atoms with van der Waals surface area (Å²) in [4.78, 5) is 16.7. The highest BCUT2D eigenvalue weighted by atomic mass is 16.5. The third-order valence-electron chi connectivity index (χ3n) is 5.80. The van der Waals surface area contributed by atoms with Crippen molar-refractivity contribution in [3.63, 3.8) is 0 Å². The Bertz CT molecular complexity index is 579. The maximum atomic E-state index is 12.2. The summed E-state index contributed by atoms with van der Waals surface area (Å²) in [6.07, 6.45) is 6.08. The standard InChI is InChI=1S/C22H35N3O2/c1-19-9-15-24(16-10-19)12-6-11-23-17-20-7-2-3-8-21(20)27-18-22(26)25-13-4-5-14-25/h2-3,7-8,19,23H,4-6,9-18H2,1H3. The predicted octanol–water partition coefficient (Wildman–Crippen LogP) is 2.90. The zero-order valence-corrected chi connectivity index (χ0v) is 16.8. The fourth-order valence-electron chi connectivity index (χ4n) is 3.92. The van der Waals surface area contributed by atoms with Gasteiger partial charge in [-0.1, -0.05) is 25.1 Å². The Hall–Kier alpha value is -1.59. The second-order valence-corrected chi connectivity index (χ2v) is 8.04. The van der Waals surface area contributed by atoms with Gasteiger partial charge in [-0.3, -0.25) is 4.79 Å². The maximum Gasteiger partial charge on any atom is 0.260 e. The van der Waals surface area contributed by atoms with Gasteiger partial charge in [-0.15, -0.1) is 0 Å². The van der Waals surface area contributed by atoms with Crippen molar-refractivity contribution >= 4 is 5.91 Å². The molecule has 2 heterocycles. The molecular weight excluding hydrogens is 338 g/mol. The van der Waals surface area contributed by atoms with Crippen LogP contribution in [0.1, 0.15) is 44.6 Å². The number of hydrogen-bond donors (Lipinski definition) is 1. The van der Waals surface area contributed by atoms with Crippen molar-refractivity contribution in [2.45, 2.75) is 45.6 Å². The number of rotatable bonds is 9. The third-order valence-corrected chi connectivity index (χ3v) is 5.80. The van der Waals surface area contributed by atoms with E-state index >= 15 is 0 Å². The fraction of sp³-hybridized carbons (Fsp3) is 0.682. The lowest BCUT2D eigenvalue weighted by atomic mass is 9.99. The van der Waals surface area contributed by atoms with Crippen LogP contribution in [-0.4, -0.2) is 61.6 Å². The molecule has 5 nitrogen and oxygen atoms in total. The first kappa shape index (κ1) is 20.2. The predicted molar refractivity (Wildman–Crippen MR) is 109 cm³/mol. The van der Waals surface area contributed by atoms with Crippen LogP contribution in [0, 0.1) is 5.92 Å². The Kier molecular flexibility index (Phi) is 7.96. The van der Waals surface area contributed by atoms with Gasteiger partial charge in [-0.25, -0.2) is 0 Å². The molecule has 0 aliphatic carbocycles. The Morgan fingerprint density at radius 3 is 2.67 bits per heavy atom. The van der Waals surface area contributed by atoms with Gasteiger partial charge in [-0.05, 0) is 70.3 Å². The number of ether oxygens (including phenoxy) is 1. The van der Waals surface area contributed by atoms with Crippen LogP contribution in [0.4, 0.5) is 0 Å². The highest BCUT2D eigenvalue weighted by molar-refractivity contribution is 5.78. The molecule has 0 radical (unpaired) electrons. The van der Waals surface area contributed by atoms with Gasteiger partial charge in [0.05, 0.1) is 0 Å². The molecule has 0 bridgehead atoms. The third kappa shape index (κ3) is 6.51. The van der Waals surface area contributed by atoms with Gasteiger partial charge in [0.2, 0.25) is 0 Å². The summed E-state index contributed by atoms with van der Waals surface area (Å²) in [6.45, 7) is 9.73. The minimum atomic E-state index is 0.103. The van der Waals surface area contributed by atoms with E-state index in [0.717, 1.165) is 56.3 Å². The van der Waals surface area contributed by atoms with Gasteiger partial charge < -0.3 is 19.9 Å². The Morgan fingerprint density at radius 2 is 1.89 bits per heavy atom. The van der Waals surface area contributed by atoms with Gasteiger partial charge in [-0.2, -0.15) is 0 Å². The summed E-state index contributed by atoms with van der Waals surface area (Å²) in [7, 11) is 0. The first-order chi connectivity index (χ1) is 13.2. The Labute approximate surface area is 164 Å². The van der Waals surface area contributed by atoms with Crippen molar-refractivity contribution in [1.29, 1.82) is 0 Å². The molecule has 0 unspecified atom stereocenters. The molecule has 2 saturated heterocycles. The van der Waals surface area contributed by atoms with Gasteiger partial charge in [0.25, 0.3) is 5.91 Å². The number of nitrogens with one attached hydrogen (secondary N) is 1. The summed E-state index contributed by atoms with van der Waals surface area (Å²) in [5, 5.41) is 3.53. The van der Waals surface area contributed by atoms with Crippen molar-refractivity contribution in [1.82, 2.24) is 15.1 Å². The van der Waals surface area contributed by atoms with Crippen molar-refractivity contribution in [2.75, 3.05) is 45.9 Å². The summed E-state index contributed by atoms with van der Waals surface area (Å²) in [5.74, 6) is 1.82. The number of hydrogen-bond acceptors (Lipinski definition) is 4. The van der Waals surface area contributed by atoms with Crippen LogP contribution in [0.15, 0.2) is 24.3 Å². The van der Waals surface area contributed by atoms with Crippen LogP contribution < -0.4 is 10.1 Å². The molecule has 2 fully saturated rings. The highest BCUT2D eigenvalue weighted by Crippen LogP contribution is 2.19. The van der Waals surface area contributed by atoms with E-state index in [1.807, 2.05) is 23.1 Å². The quantitative estimate of drug-likeness (QED) is 0.676. The maximum absolute atomic E-state index is 12.2. The summed E-state index contributed by atoms with van der Waals surface area (Å²) < 4.78 is 5.83. The molecule has 5 heteroatoms. The average Bonchev–Trinajstić information content (AvgIpc) is 3.23. The lowest BCUT2D eigenvalue weighted by Crippen LogP contribution is -2.34. The molecule has 2 aliphatic heterocycles. The van der Waals surface area contributed by atoms with Crippen LogP contribution in [-0.2, 0) is 11.3 Å². The Balaban J connectivity index is 1.35. The summed E-state index contributed by atoms with van der Waals surface area (Å²) in [6, 6.07) is 8.04. The molecule has 0 aromatic heterocycles. The van der Waals surface area contributed by atoms with Gasteiger partial charge in [0.1, 0.15) is 5.75 Å². The zero-order valence-electron chi connectivity index (χ0n) is 16.8. The van der Waals surface area contributed by atoms with Crippen molar-refractivity contribution in [2.24, 2.45) is 5.92 Å². The Morgan fingerprint density at radius 1 is 1.15 bits per heavy atom. The summed E-state index contributed by atoms with van der Waals surface area (Å²) >= 11 is 0. The number of nitrogens with zero attached hydrogens (tertiary/aromatic N) is 2. The van der Waals surface area contributed by atoms with Gasteiger partial charge in [0, 0.05) is 25.2 Å². The highest BCUT2D eigenvalue weighted by Gasteiger charge is 2.18. The molecule has 150 valence electrons. The van der Waals surface area contributed by atoms with E-state index in [9.17, 15) is 4.79 Å². The van der Waals surface area contributed by atoms with E-state index in [1.165, 1.54) is 38.9 Å². The molecule has 2 aliphatic rings. The molecule has 3 rings (SSSR count). The van der Waals surface area contributed by atoms with Gasteiger partial charge in [0.15, 0.2) is 6.61 Å². The number of amides is 1. The average molecular weight is 374 g/mol. The van der Waals surface area contributed by atoms with E-state index in [1.54, 1.807) is 0 Å². The molecule has 1 amide bonds. The van der Waals surface area contributed by atoms with Gasteiger partial charge >= 0.3 is 0 Å². The number of para-hydroxylation sites is 1. The lowest BCUT2D eigenvalue weighted by molar-refractivity contribution is -0.132. The number of likely N-dealkylation sites (tertiary alicyclic amines) is 2. The SMILES string of the molecule is CC1CCN(CCCNCc2ccccc2OCC(=O)N2CCCC2)CC1. The van der Waals surface area contributed by atoms with Crippen molar-refractivity contribution in [3.8, 4) is 5.75 Å². The molecule has 1 aromatic rings. The minimum Gasteiger partial charge on any atom is -0.483 e. The topological polar surface area (TPSA) is 44.8 Å². The molecule has 1 N–H and O–H groups in total. The number of carbonyl (C=O) groups is 1. The van der Waals surface area contributed by atoms with E-state index in [-0.39, 0.29) is 12.5 Å². The van der Waals surface area contributed by atoms with Crippen LogP contribution in [0.3, 0.4) is 0 Å². The van der Waals surface area contributed by atoms with Crippen LogP contribution in [0.25, 0.3) is 0 Å². The summed E-state index contributed by atoms with van der Waals surface area (Å²) in [5.41, 5.74) is 1.12. The molecule has 0 saturated carbocycles. The largest absolute Gasteiger partial charge is 0.483 e.